The summed E-state index contributed by atoms with van der Waals surface area (Å²) in [5, 5.41) is 3.00. The van der Waals surface area contributed by atoms with Gasteiger partial charge in [-0.1, -0.05) is 25.1 Å². The molecule has 0 fully saturated rings. The van der Waals surface area contributed by atoms with Gasteiger partial charge in [-0.05, 0) is 42.8 Å². The van der Waals surface area contributed by atoms with Gasteiger partial charge >= 0.3 is 0 Å². The van der Waals surface area contributed by atoms with Crippen LogP contribution < -0.4 is 10.0 Å². The van der Waals surface area contributed by atoms with Crippen molar-refractivity contribution in [1.82, 2.24) is 10.3 Å². The van der Waals surface area contributed by atoms with E-state index >= 15 is 0 Å². The van der Waals surface area contributed by atoms with Crippen molar-refractivity contribution in [3.8, 4) is 0 Å². The number of nitrogens with one attached hydrogen (secondary N) is 2. The van der Waals surface area contributed by atoms with E-state index in [1.54, 1.807) is 24.4 Å². The summed E-state index contributed by atoms with van der Waals surface area (Å²) in [7, 11) is -1.82. The van der Waals surface area contributed by atoms with Gasteiger partial charge in [0.2, 0.25) is 0 Å². The van der Waals surface area contributed by atoms with E-state index in [1.165, 1.54) is 6.07 Å². The van der Waals surface area contributed by atoms with E-state index in [-0.39, 0.29) is 5.03 Å². The van der Waals surface area contributed by atoms with Crippen molar-refractivity contribution in [3.05, 3.63) is 53.7 Å². The third-order valence-corrected chi connectivity index (χ3v) is 4.36. The highest BCUT2D eigenvalue weighted by Gasteiger charge is 2.15. The van der Waals surface area contributed by atoms with Crippen molar-refractivity contribution < 1.29 is 8.42 Å². The Bertz CT molecular complexity index is 680. The first-order valence-corrected chi connectivity index (χ1v) is 8.25. The van der Waals surface area contributed by atoms with E-state index in [4.69, 9.17) is 0 Å². The topological polar surface area (TPSA) is 71.1 Å². The number of nitrogens with zero attached hydrogens (tertiary/aromatic N) is 1. The van der Waals surface area contributed by atoms with Gasteiger partial charge in [0.05, 0.1) is 0 Å². The molecule has 21 heavy (non-hydrogen) atoms. The Labute approximate surface area is 125 Å². The molecular formula is C15H19N3O2S. The predicted octanol–water partition coefficient (Wildman–Crippen LogP) is 2.16. The molecule has 0 unspecified atom stereocenters. The van der Waals surface area contributed by atoms with Crippen LogP contribution in [0, 0.1) is 0 Å². The SMILES string of the molecule is CCc1ccc(NS(=O)(=O)c2ccc(CNC)cn2)cc1. The standard InChI is InChI=1S/C15H19N3O2S/c1-3-12-4-7-14(8-5-12)18-21(19,20)15-9-6-13(10-16-2)11-17-15/h4-9,11,16,18H,3,10H2,1-2H3. The normalized spacial score (nSPS) is 11.3. The number of anilines is 1. The summed E-state index contributed by atoms with van der Waals surface area (Å²) < 4.78 is 27.0. The lowest BCUT2D eigenvalue weighted by Gasteiger charge is -2.08. The Morgan fingerprint density at radius 2 is 1.71 bits per heavy atom. The van der Waals surface area contributed by atoms with Crippen molar-refractivity contribution in [1.29, 1.82) is 0 Å². The minimum absolute atomic E-state index is 0.0157. The molecule has 2 aromatic rings. The summed E-state index contributed by atoms with van der Waals surface area (Å²) in [6.07, 6.45) is 2.48. The zero-order chi connectivity index (χ0) is 15.3. The van der Waals surface area contributed by atoms with Gasteiger partial charge in [0.25, 0.3) is 10.0 Å². The number of rotatable bonds is 6. The van der Waals surface area contributed by atoms with Gasteiger partial charge in [0.15, 0.2) is 5.03 Å². The molecule has 0 atom stereocenters. The Balaban J connectivity index is 2.16. The summed E-state index contributed by atoms with van der Waals surface area (Å²) in [4.78, 5) is 4.01. The smallest absolute Gasteiger partial charge is 0.279 e. The van der Waals surface area contributed by atoms with Crippen molar-refractivity contribution in [2.24, 2.45) is 0 Å². The van der Waals surface area contributed by atoms with Gasteiger partial charge in [-0.25, -0.2) is 4.98 Å². The monoisotopic (exact) mass is 305 g/mol. The number of aromatic nitrogens is 1. The third-order valence-electron chi connectivity index (χ3n) is 3.07. The van der Waals surface area contributed by atoms with Crippen LogP contribution in [0.5, 0.6) is 0 Å². The molecule has 0 aliphatic carbocycles. The molecule has 2 N–H and O–H groups in total. The lowest BCUT2D eigenvalue weighted by atomic mass is 10.2. The summed E-state index contributed by atoms with van der Waals surface area (Å²) in [5.41, 5.74) is 2.63. The third kappa shape index (κ3) is 4.03. The number of pyridine rings is 1. The minimum atomic E-state index is -3.65. The largest absolute Gasteiger partial charge is 0.316 e. The van der Waals surface area contributed by atoms with E-state index in [2.05, 4.69) is 21.9 Å². The molecule has 2 rings (SSSR count). The second kappa shape index (κ2) is 6.69. The van der Waals surface area contributed by atoms with Crippen LogP contribution in [0.15, 0.2) is 47.6 Å². The summed E-state index contributed by atoms with van der Waals surface area (Å²) in [6.45, 7) is 2.70. The molecule has 0 bridgehead atoms. The van der Waals surface area contributed by atoms with Crippen LogP contribution in [0.3, 0.4) is 0 Å². The van der Waals surface area contributed by atoms with Crippen LogP contribution in [-0.4, -0.2) is 20.4 Å². The Morgan fingerprint density at radius 1 is 1.05 bits per heavy atom. The molecule has 0 amide bonds. The lowest BCUT2D eigenvalue weighted by molar-refractivity contribution is 0.597. The first kappa shape index (κ1) is 15.5. The fourth-order valence-electron chi connectivity index (χ4n) is 1.89. The average Bonchev–Trinajstić information content (AvgIpc) is 2.48. The number of sulfonamides is 1. The first-order valence-electron chi connectivity index (χ1n) is 6.76. The fraction of sp³-hybridized carbons (Fsp3) is 0.267. The second-order valence-corrected chi connectivity index (χ2v) is 6.32. The van der Waals surface area contributed by atoms with Crippen LogP contribution in [0.1, 0.15) is 18.1 Å². The molecule has 0 saturated carbocycles. The summed E-state index contributed by atoms with van der Waals surface area (Å²) in [6, 6.07) is 10.6. The Morgan fingerprint density at radius 3 is 2.24 bits per heavy atom. The van der Waals surface area contributed by atoms with Crippen LogP contribution in [-0.2, 0) is 23.0 Å². The molecule has 1 aromatic carbocycles. The van der Waals surface area contributed by atoms with E-state index in [0.717, 1.165) is 17.5 Å². The van der Waals surface area contributed by atoms with Gasteiger partial charge in [-0.2, -0.15) is 8.42 Å². The molecular weight excluding hydrogens is 286 g/mol. The Kier molecular flexibility index (Phi) is 4.93. The predicted molar refractivity (Wildman–Crippen MR) is 83.6 cm³/mol. The second-order valence-electron chi connectivity index (χ2n) is 4.69. The molecule has 0 spiro atoms. The molecule has 112 valence electrons. The lowest BCUT2D eigenvalue weighted by Crippen LogP contribution is -2.15. The van der Waals surface area contributed by atoms with E-state index in [0.29, 0.717) is 12.2 Å². The molecule has 1 aromatic heterocycles. The summed E-state index contributed by atoms with van der Waals surface area (Å²) >= 11 is 0. The highest BCUT2D eigenvalue weighted by atomic mass is 32.2. The maximum Gasteiger partial charge on any atom is 0.279 e. The van der Waals surface area contributed by atoms with Crippen LogP contribution in [0.25, 0.3) is 0 Å². The maximum absolute atomic E-state index is 12.2. The zero-order valence-electron chi connectivity index (χ0n) is 12.1. The van der Waals surface area contributed by atoms with Gasteiger partial charge in [0, 0.05) is 18.4 Å². The maximum atomic E-state index is 12.2. The molecule has 1 heterocycles. The van der Waals surface area contributed by atoms with E-state index in [1.807, 2.05) is 19.2 Å². The average molecular weight is 305 g/mol. The minimum Gasteiger partial charge on any atom is -0.316 e. The van der Waals surface area contributed by atoms with Gasteiger partial charge in [-0.3, -0.25) is 4.72 Å². The Hall–Kier alpha value is -1.92. The van der Waals surface area contributed by atoms with Gasteiger partial charge in [0.1, 0.15) is 0 Å². The number of benzene rings is 1. The quantitative estimate of drug-likeness (QED) is 0.858. The van der Waals surface area contributed by atoms with Gasteiger partial charge < -0.3 is 5.32 Å². The molecule has 0 aliphatic rings. The zero-order valence-corrected chi connectivity index (χ0v) is 12.9. The molecule has 6 heteroatoms. The van der Waals surface area contributed by atoms with Crippen LogP contribution in [0.4, 0.5) is 5.69 Å². The van der Waals surface area contributed by atoms with E-state index in [9.17, 15) is 8.42 Å². The van der Waals surface area contributed by atoms with Crippen molar-refractivity contribution in [2.75, 3.05) is 11.8 Å². The highest BCUT2D eigenvalue weighted by molar-refractivity contribution is 7.92. The molecule has 0 radical (unpaired) electrons. The molecule has 5 nitrogen and oxygen atoms in total. The van der Waals surface area contributed by atoms with Crippen molar-refractivity contribution in [2.45, 2.75) is 24.9 Å². The van der Waals surface area contributed by atoms with Crippen molar-refractivity contribution in [3.63, 3.8) is 0 Å². The first-order chi connectivity index (χ1) is 10.0. The number of hydrogen-bond donors (Lipinski definition) is 2. The fourth-order valence-corrected chi connectivity index (χ4v) is 2.88. The van der Waals surface area contributed by atoms with Crippen LogP contribution in [0.2, 0.25) is 0 Å². The van der Waals surface area contributed by atoms with Crippen molar-refractivity contribution >= 4 is 15.7 Å². The summed E-state index contributed by atoms with van der Waals surface area (Å²) in [5.74, 6) is 0. The van der Waals surface area contributed by atoms with Gasteiger partial charge in [-0.15, -0.1) is 0 Å². The number of hydrogen-bond acceptors (Lipinski definition) is 4. The number of aryl methyl sites for hydroxylation is 1. The molecule has 0 aliphatic heterocycles. The van der Waals surface area contributed by atoms with E-state index < -0.39 is 10.0 Å². The highest BCUT2D eigenvalue weighted by Crippen LogP contribution is 2.15. The molecule has 0 saturated heterocycles. The van der Waals surface area contributed by atoms with Crippen LogP contribution >= 0.6 is 0 Å².